The summed E-state index contributed by atoms with van der Waals surface area (Å²) in [5.74, 6) is 0.963. The van der Waals surface area contributed by atoms with Crippen molar-refractivity contribution in [2.75, 3.05) is 0 Å². The maximum absolute atomic E-state index is 11.4. The first kappa shape index (κ1) is 12.0. The second-order valence-electron chi connectivity index (χ2n) is 4.97. The molecule has 1 fully saturated rings. The molecule has 0 bridgehead atoms. The molecule has 1 aromatic heterocycles. The summed E-state index contributed by atoms with van der Waals surface area (Å²) < 4.78 is 10.7. The van der Waals surface area contributed by atoms with Crippen LogP contribution in [0.2, 0.25) is 0 Å². The summed E-state index contributed by atoms with van der Waals surface area (Å²) in [6.45, 7) is 0.313. The molecule has 0 amide bonds. The molecule has 3 heteroatoms. The Labute approximate surface area is 112 Å². The zero-order valence-electron chi connectivity index (χ0n) is 10.7. The Morgan fingerprint density at radius 1 is 1.21 bits per heavy atom. The fourth-order valence-electron chi connectivity index (χ4n) is 1.98. The van der Waals surface area contributed by atoms with E-state index in [1.807, 2.05) is 24.3 Å². The minimum atomic E-state index is -0.0780. The lowest BCUT2D eigenvalue weighted by atomic mass is 10.1. The highest BCUT2D eigenvalue weighted by Crippen LogP contribution is 2.30. The molecule has 1 aromatic carbocycles. The van der Waals surface area contributed by atoms with Gasteiger partial charge in [0.15, 0.2) is 0 Å². The molecule has 1 heterocycles. The number of benzene rings is 1. The molecule has 1 aliphatic carbocycles. The summed E-state index contributed by atoms with van der Waals surface area (Å²) in [4.78, 5) is 11.4. The van der Waals surface area contributed by atoms with Crippen LogP contribution < -0.4 is 0 Å². The van der Waals surface area contributed by atoms with Crippen molar-refractivity contribution in [3.05, 3.63) is 59.5 Å². The van der Waals surface area contributed by atoms with Crippen molar-refractivity contribution in [1.82, 2.24) is 0 Å². The zero-order valence-corrected chi connectivity index (χ0v) is 10.7. The van der Waals surface area contributed by atoms with Gasteiger partial charge in [0.2, 0.25) is 0 Å². The lowest BCUT2D eigenvalue weighted by Crippen LogP contribution is -2.05. The van der Waals surface area contributed by atoms with Gasteiger partial charge in [-0.05, 0) is 24.5 Å². The summed E-state index contributed by atoms with van der Waals surface area (Å²) >= 11 is 0. The predicted molar refractivity (Wildman–Crippen MR) is 70.5 cm³/mol. The number of carbonyl (C=O) groups is 1. The van der Waals surface area contributed by atoms with Crippen molar-refractivity contribution in [3.63, 3.8) is 0 Å². The van der Waals surface area contributed by atoms with Crippen LogP contribution in [0.5, 0.6) is 0 Å². The van der Waals surface area contributed by atoms with E-state index in [1.165, 1.54) is 5.56 Å². The van der Waals surface area contributed by atoms with E-state index in [9.17, 15) is 4.79 Å². The van der Waals surface area contributed by atoms with Gasteiger partial charge in [-0.15, -0.1) is 0 Å². The maximum Gasteiger partial charge on any atom is 0.309 e. The van der Waals surface area contributed by atoms with Crippen LogP contribution in [0, 0.1) is 5.92 Å². The first-order valence-corrected chi connectivity index (χ1v) is 6.58. The van der Waals surface area contributed by atoms with Gasteiger partial charge in [-0.1, -0.05) is 30.3 Å². The molecular weight excluding hydrogens is 240 g/mol. The fraction of sp³-hybridized carbons (Fsp3) is 0.312. The standard InChI is InChI=1S/C16H16O3/c17-16(14-6-7-14)19-11-13-9-15(18-10-13)8-12-4-2-1-3-5-12/h1-5,9-10,14H,6-8,11H2. The van der Waals surface area contributed by atoms with Crippen molar-refractivity contribution < 1.29 is 13.9 Å². The number of esters is 1. The van der Waals surface area contributed by atoms with E-state index in [4.69, 9.17) is 9.15 Å². The van der Waals surface area contributed by atoms with Gasteiger partial charge in [0.1, 0.15) is 12.4 Å². The Hall–Kier alpha value is -2.03. The average molecular weight is 256 g/mol. The maximum atomic E-state index is 11.4. The highest BCUT2D eigenvalue weighted by Gasteiger charge is 2.31. The van der Waals surface area contributed by atoms with E-state index in [1.54, 1.807) is 6.26 Å². The van der Waals surface area contributed by atoms with Crippen LogP contribution >= 0.6 is 0 Å². The number of ether oxygens (including phenoxy) is 1. The first-order valence-electron chi connectivity index (χ1n) is 6.58. The van der Waals surface area contributed by atoms with Crippen molar-refractivity contribution in [3.8, 4) is 0 Å². The highest BCUT2D eigenvalue weighted by molar-refractivity contribution is 5.74. The van der Waals surface area contributed by atoms with Crippen molar-refractivity contribution in [1.29, 1.82) is 0 Å². The second-order valence-corrected chi connectivity index (χ2v) is 4.97. The third kappa shape index (κ3) is 3.25. The van der Waals surface area contributed by atoms with E-state index in [0.29, 0.717) is 6.61 Å². The van der Waals surface area contributed by atoms with Crippen LogP contribution in [-0.2, 0) is 22.6 Å². The lowest BCUT2D eigenvalue weighted by molar-refractivity contribution is -0.146. The number of hydrogen-bond acceptors (Lipinski definition) is 3. The molecule has 98 valence electrons. The highest BCUT2D eigenvalue weighted by atomic mass is 16.5. The first-order chi connectivity index (χ1) is 9.31. The zero-order chi connectivity index (χ0) is 13.1. The van der Waals surface area contributed by atoms with Crippen molar-refractivity contribution in [2.24, 2.45) is 5.92 Å². The molecule has 0 spiro atoms. The molecule has 0 saturated heterocycles. The van der Waals surface area contributed by atoms with Gasteiger partial charge in [0, 0.05) is 12.0 Å². The van der Waals surface area contributed by atoms with Gasteiger partial charge in [0.25, 0.3) is 0 Å². The molecule has 0 radical (unpaired) electrons. The number of hydrogen-bond donors (Lipinski definition) is 0. The minimum Gasteiger partial charge on any atom is -0.469 e. The molecule has 0 unspecified atom stereocenters. The quantitative estimate of drug-likeness (QED) is 0.770. The number of carbonyl (C=O) groups excluding carboxylic acids is 1. The molecular formula is C16H16O3. The Morgan fingerprint density at radius 2 is 2.00 bits per heavy atom. The van der Waals surface area contributed by atoms with E-state index in [0.717, 1.165) is 30.6 Å². The molecule has 3 rings (SSSR count). The van der Waals surface area contributed by atoms with E-state index in [2.05, 4.69) is 12.1 Å². The average Bonchev–Trinajstić information content (AvgIpc) is 3.19. The van der Waals surface area contributed by atoms with Gasteiger partial charge in [-0.25, -0.2) is 0 Å². The van der Waals surface area contributed by atoms with Crippen LogP contribution in [0.4, 0.5) is 0 Å². The van der Waals surface area contributed by atoms with Crippen LogP contribution in [-0.4, -0.2) is 5.97 Å². The Balaban J connectivity index is 1.55. The summed E-state index contributed by atoms with van der Waals surface area (Å²) in [5.41, 5.74) is 2.12. The van der Waals surface area contributed by atoms with Gasteiger partial charge in [0.05, 0.1) is 12.2 Å². The largest absolute Gasteiger partial charge is 0.469 e. The number of furan rings is 1. The summed E-state index contributed by atoms with van der Waals surface area (Å²) in [5, 5.41) is 0. The molecule has 1 saturated carbocycles. The fourth-order valence-corrected chi connectivity index (χ4v) is 1.98. The van der Waals surface area contributed by atoms with E-state index >= 15 is 0 Å². The lowest BCUT2D eigenvalue weighted by Gasteiger charge is -2.00. The van der Waals surface area contributed by atoms with Crippen molar-refractivity contribution in [2.45, 2.75) is 25.9 Å². The predicted octanol–water partition coefficient (Wildman–Crippen LogP) is 3.32. The molecule has 0 N–H and O–H groups in total. The monoisotopic (exact) mass is 256 g/mol. The smallest absolute Gasteiger partial charge is 0.309 e. The van der Waals surface area contributed by atoms with Gasteiger partial charge < -0.3 is 9.15 Å². The second kappa shape index (κ2) is 5.31. The van der Waals surface area contributed by atoms with E-state index < -0.39 is 0 Å². The van der Waals surface area contributed by atoms with Crippen LogP contribution in [0.1, 0.15) is 29.7 Å². The van der Waals surface area contributed by atoms with Crippen LogP contribution in [0.25, 0.3) is 0 Å². The Kier molecular flexibility index (Phi) is 3.36. The Bertz CT molecular complexity index is 552. The SMILES string of the molecule is O=C(OCc1coc(Cc2ccccc2)c1)C1CC1. The van der Waals surface area contributed by atoms with Gasteiger partial charge >= 0.3 is 5.97 Å². The summed E-state index contributed by atoms with van der Waals surface area (Å²) in [7, 11) is 0. The summed E-state index contributed by atoms with van der Waals surface area (Å²) in [6, 6.07) is 12.1. The molecule has 1 aliphatic rings. The van der Waals surface area contributed by atoms with Gasteiger partial charge in [-0.2, -0.15) is 0 Å². The molecule has 2 aromatic rings. The number of rotatable bonds is 5. The van der Waals surface area contributed by atoms with Gasteiger partial charge in [-0.3, -0.25) is 4.79 Å². The molecule has 3 nitrogen and oxygen atoms in total. The molecule has 0 aliphatic heterocycles. The Morgan fingerprint density at radius 3 is 2.74 bits per heavy atom. The van der Waals surface area contributed by atoms with Crippen LogP contribution in [0.3, 0.4) is 0 Å². The molecule has 0 atom stereocenters. The van der Waals surface area contributed by atoms with E-state index in [-0.39, 0.29) is 11.9 Å². The molecule has 19 heavy (non-hydrogen) atoms. The minimum absolute atomic E-state index is 0.0780. The van der Waals surface area contributed by atoms with Crippen molar-refractivity contribution >= 4 is 5.97 Å². The third-order valence-electron chi connectivity index (χ3n) is 3.22. The topological polar surface area (TPSA) is 39.4 Å². The summed E-state index contributed by atoms with van der Waals surface area (Å²) in [6.07, 6.45) is 4.38. The third-order valence-corrected chi connectivity index (χ3v) is 3.22. The normalized spacial score (nSPS) is 14.3. The van der Waals surface area contributed by atoms with Crippen LogP contribution in [0.15, 0.2) is 47.1 Å².